The molecule has 0 aliphatic rings. The van der Waals surface area contributed by atoms with E-state index in [0.717, 1.165) is 5.56 Å². The molecule has 0 saturated carbocycles. The van der Waals surface area contributed by atoms with Crippen molar-refractivity contribution in [2.45, 2.75) is 30.8 Å². The van der Waals surface area contributed by atoms with E-state index in [-0.39, 0.29) is 29.7 Å². The number of carbonyl (C=O) groups is 1. The number of fused-ring (bicyclic) bond motifs is 1. The van der Waals surface area contributed by atoms with Crippen molar-refractivity contribution in [1.29, 1.82) is 0 Å². The van der Waals surface area contributed by atoms with Gasteiger partial charge in [-0.3, -0.25) is 4.79 Å². The summed E-state index contributed by atoms with van der Waals surface area (Å²) in [6.45, 7) is 3.40. The standard InChI is InChI=1S/C28H27ClN2O5S/c1-28(2,34)17-30-37(35)21-12-9-18(10-13-21)15-23-25(27(33)36-3)31(20-7-5-4-6-8-20)24-16-19(29)11-14-22(24)26(23)32/h4-14,16,30,34H,15,17H2,1-3H3. The van der Waals surface area contributed by atoms with Gasteiger partial charge in [0.2, 0.25) is 0 Å². The Balaban J connectivity index is 1.83. The third-order valence-corrected chi connectivity index (χ3v) is 7.12. The van der Waals surface area contributed by atoms with Gasteiger partial charge in [-0.2, -0.15) is 0 Å². The molecule has 1 heterocycles. The summed E-state index contributed by atoms with van der Waals surface area (Å²) in [6.07, 6.45) is 0.151. The van der Waals surface area contributed by atoms with Crippen LogP contribution in [0.25, 0.3) is 16.6 Å². The van der Waals surface area contributed by atoms with E-state index in [0.29, 0.717) is 26.5 Å². The normalized spacial score (nSPS) is 12.5. The number of hydrogen-bond acceptors (Lipinski definition) is 6. The van der Waals surface area contributed by atoms with E-state index in [1.807, 2.05) is 30.3 Å². The molecule has 3 aromatic carbocycles. The molecule has 2 N–H and O–H groups in total. The zero-order valence-electron chi connectivity index (χ0n) is 20.7. The first-order chi connectivity index (χ1) is 17.6. The molecule has 1 aromatic heterocycles. The molecule has 0 spiro atoms. The SMILES string of the molecule is COC(=O)c1c(Cc2ccc([S+]([O-])NCC(C)(C)O)cc2)c(=O)c2ccc(Cl)cc2n1-c1ccccc1. The first kappa shape index (κ1) is 26.9. The summed E-state index contributed by atoms with van der Waals surface area (Å²) in [5.41, 5.74) is 1.03. The number of pyridine rings is 1. The van der Waals surface area contributed by atoms with Gasteiger partial charge in [-0.05, 0) is 61.9 Å². The minimum absolute atomic E-state index is 0.118. The second-order valence-corrected chi connectivity index (χ2v) is 10.9. The minimum Gasteiger partial charge on any atom is -0.593 e. The van der Waals surface area contributed by atoms with Crippen LogP contribution in [0.2, 0.25) is 5.02 Å². The maximum absolute atomic E-state index is 13.7. The highest BCUT2D eigenvalue weighted by Gasteiger charge is 2.25. The van der Waals surface area contributed by atoms with Crippen LogP contribution in [0.15, 0.2) is 82.5 Å². The summed E-state index contributed by atoms with van der Waals surface area (Å²) in [5.74, 6) is -0.647. The topological polar surface area (TPSA) is 104 Å². The van der Waals surface area contributed by atoms with E-state index >= 15 is 0 Å². The van der Waals surface area contributed by atoms with Crippen LogP contribution in [0.1, 0.15) is 35.5 Å². The van der Waals surface area contributed by atoms with E-state index in [2.05, 4.69) is 4.72 Å². The highest BCUT2D eigenvalue weighted by Crippen LogP contribution is 2.26. The van der Waals surface area contributed by atoms with Gasteiger partial charge in [-0.1, -0.05) is 41.9 Å². The number of aliphatic hydroxyl groups is 1. The molecule has 4 aromatic rings. The first-order valence-electron chi connectivity index (χ1n) is 11.6. The number of nitrogens with zero attached hydrogens (tertiary/aromatic N) is 1. The molecule has 7 nitrogen and oxygen atoms in total. The zero-order chi connectivity index (χ0) is 26.7. The molecule has 4 rings (SSSR count). The van der Waals surface area contributed by atoms with Gasteiger partial charge >= 0.3 is 5.97 Å². The lowest BCUT2D eigenvalue weighted by Crippen LogP contribution is -2.38. The fraction of sp³-hybridized carbons (Fsp3) is 0.214. The lowest BCUT2D eigenvalue weighted by molar-refractivity contribution is 0.0589. The predicted molar refractivity (Wildman–Crippen MR) is 146 cm³/mol. The number of benzene rings is 3. The smallest absolute Gasteiger partial charge is 0.355 e. The summed E-state index contributed by atoms with van der Waals surface area (Å²) in [6, 6.07) is 21.1. The molecule has 0 fully saturated rings. The Labute approximate surface area is 223 Å². The number of methoxy groups -OCH3 is 1. The first-order valence-corrected chi connectivity index (χ1v) is 13.1. The summed E-state index contributed by atoms with van der Waals surface area (Å²) >= 11 is 4.76. The van der Waals surface area contributed by atoms with Gasteiger partial charge in [0.25, 0.3) is 0 Å². The van der Waals surface area contributed by atoms with E-state index in [1.54, 1.807) is 60.9 Å². The molecule has 1 unspecified atom stereocenters. The Hall–Kier alpha value is -3.14. The molecule has 0 aliphatic carbocycles. The monoisotopic (exact) mass is 538 g/mol. The van der Waals surface area contributed by atoms with Crippen molar-refractivity contribution >= 4 is 39.8 Å². The largest absolute Gasteiger partial charge is 0.593 e. The van der Waals surface area contributed by atoms with Crippen molar-refractivity contribution in [1.82, 2.24) is 9.29 Å². The Morgan fingerprint density at radius 1 is 1.11 bits per heavy atom. The lowest BCUT2D eigenvalue weighted by atomic mass is 9.99. The maximum atomic E-state index is 13.7. The fourth-order valence-corrected chi connectivity index (χ4v) is 5.19. The molecular formula is C28H27ClN2O5S. The second kappa shape index (κ2) is 11.1. The maximum Gasteiger partial charge on any atom is 0.355 e. The van der Waals surface area contributed by atoms with Crippen molar-refractivity contribution in [3.05, 3.63) is 105 Å². The number of nitrogens with one attached hydrogen (secondary N) is 1. The van der Waals surface area contributed by atoms with Crippen LogP contribution in [0.3, 0.4) is 0 Å². The molecule has 0 amide bonds. The highest BCUT2D eigenvalue weighted by molar-refractivity contribution is 7.89. The predicted octanol–water partition coefficient (Wildman–Crippen LogP) is 4.40. The molecule has 9 heteroatoms. The van der Waals surface area contributed by atoms with Crippen molar-refractivity contribution < 1.29 is 19.2 Å². The van der Waals surface area contributed by atoms with Gasteiger partial charge in [-0.25, -0.2) is 4.79 Å². The Kier molecular flexibility index (Phi) is 8.06. The van der Waals surface area contributed by atoms with Gasteiger partial charge in [0.1, 0.15) is 5.69 Å². The van der Waals surface area contributed by atoms with Crippen molar-refractivity contribution in [2.75, 3.05) is 13.7 Å². The summed E-state index contributed by atoms with van der Waals surface area (Å²) in [5, 5.41) is 10.7. The summed E-state index contributed by atoms with van der Waals surface area (Å²) in [7, 11) is 1.28. The van der Waals surface area contributed by atoms with Crippen LogP contribution in [0, 0.1) is 0 Å². The number of ether oxygens (including phenoxy) is 1. The number of halogens is 1. The third kappa shape index (κ3) is 6.06. The minimum atomic E-state index is -1.51. The number of esters is 1. The van der Waals surface area contributed by atoms with Crippen LogP contribution >= 0.6 is 11.6 Å². The molecule has 0 aliphatic heterocycles. The number of aromatic nitrogens is 1. The summed E-state index contributed by atoms with van der Waals surface area (Å²) in [4.78, 5) is 27.3. The van der Waals surface area contributed by atoms with E-state index < -0.39 is 22.9 Å². The van der Waals surface area contributed by atoms with Crippen LogP contribution in [0.4, 0.5) is 0 Å². The van der Waals surface area contributed by atoms with E-state index in [4.69, 9.17) is 16.3 Å². The molecule has 1 atom stereocenters. The molecule has 0 bridgehead atoms. The Bertz CT molecular complexity index is 1480. The number of para-hydroxylation sites is 1. The van der Waals surface area contributed by atoms with Gasteiger partial charge in [0.15, 0.2) is 10.3 Å². The van der Waals surface area contributed by atoms with Gasteiger partial charge < -0.3 is 19.0 Å². The molecule has 0 saturated heterocycles. The Morgan fingerprint density at radius 2 is 1.78 bits per heavy atom. The van der Waals surface area contributed by atoms with E-state index in [9.17, 15) is 19.2 Å². The lowest BCUT2D eigenvalue weighted by Gasteiger charge is -2.20. The van der Waals surface area contributed by atoms with Gasteiger partial charge in [0, 0.05) is 28.1 Å². The van der Waals surface area contributed by atoms with E-state index in [1.165, 1.54) is 7.11 Å². The number of carbonyl (C=O) groups excluding carboxylic acids is 1. The number of hydrogen-bond donors (Lipinski definition) is 2. The van der Waals surface area contributed by atoms with Crippen LogP contribution in [0.5, 0.6) is 0 Å². The zero-order valence-corrected chi connectivity index (χ0v) is 22.2. The van der Waals surface area contributed by atoms with Crippen LogP contribution < -0.4 is 10.2 Å². The average Bonchev–Trinajstić information content (AvgIpc) is 2.88. The van der Waals surface area contributed by atoms with Crippen LogP contribution in [-0.2, 0) is 22.5 Å². The summed E-state index contributed by atoms with van der Waals surface area (Å²) < 4.78 is 22.1. The average molecular weight is 539 g/mol. The molecular weight excluding hydrogens is 512 g/mol. The van der Waals surface area contributed by atoms with Gasteiger partial charge in [0.05, 0.1) is 36.1 Å². The molecule has 37 heavy (non-hydrogen) atoms. The second-order valence-electron chi connectivity index (χ2n) is 9.20. The Morgan fingerprint density at radius 3 is 2.41 bits per heavy atom. The molecule has 0 radical (unpaired) electrons. The third-order valence-electron chi connectivity index (χ3n) is 5.78. The van der Waals surface area contributed by atoms with Crippen LogP contribution in [-0.4, -0.2) is 39.5 Å². The quantitative estimate of drug-likeness (QED) is 0.254. The number of rotatable bonds is 8. The fourth-order valence-electron chi connectivity index (χ4n) is 3.99. The molecule has 192 valence electrons. The highest BCUT2D eigenvalue weighted by atomic mass is 35.5. The van der Waals surface area contributed by atoms with Gasteiger partial charge in [-0.15, -0.1) is 4.72 Å². The van der Waals surface area contributed by atoms with Crippen molar-refractivity contribution in [2.24, 2.45) is 0 Å². The van der Waals surface area contributed by atoms with Crippen molar-refractivity contribution in [3.8, 4) is 5.69 Å². The van der Waals surface area contributed by atoms with Crippen molar-refractivity contribution in [3.63, 3.8) is 0 Å².